The molecule has 1 rings (SSSR count). The molecule has 0 saturated carbocycles. The molecule has 0 aliphatic carbocycles. The first-order chi connectivity index (χ1) is 5.88. The van der Waals surface area contributed by atoms with E-state index in [2.05, 4.69) is 20.7 Å². The van der Waals surface area contributed by atoms with Crippen molar-refractivity contribution in [3.8, 4) is 0 Å². The Kier molecular flexibility index (Phi) is 3.21. The van der Waals surface area contributed by atoms with Crippen LogP contribution in [-0.2, 0) is 10.0 Å². The van der Waals surface area contributed by atoms with E-state index in [1.807, 2.05) is 0 Å². The molecular weight excluding hydrogens is 278 g/mol. The van der Waals surface area contributed by atoms with Crippen LogP contribution in [0.4, 0.5) is 5.69 Å². The lowest BCUT2D eigenvalue weighted by Crippen LogP contribution is -2.09. The van der Waals surface area contributed by atoms with Crippen LogP contribution in [0, 0.1) is 0 Å². The minimum atomic E-state index is -3.26. The second-order valence-corrected chi connectivity index (χ2v) is 5.57. The fraction of sp³-hybridized carbons (Fsp3) is 0.143. The average Bonchev–Trinajstić information content (AvgIpc) is 1.93. The Morgan fingerprint density at radius 3 is 2.54 bits per heavy atom. The van der Waals surface area contributed by atoms with Crippen molar-refractivity contribution < 1.29 is 8.42 Å². The maximum Gasteiger partial charge on any atom is 0.229 e. The fourth-order valence-electron chi connectivity index (χ4n) is 0.772. The van der Waals surface area contributed by atoms with Crippen LogP contribution in [0.15, 0.2) is 22.7 Å². The molecule has 0 aromatic heterocycles. The normalized spacial score (nSPS) is 11.3. The molecule has 0 saturated heterocycles. The monoisotopic (exact) mass is 283 g/mol. The van der Waals surface area contributed by atoms with Crippen molar-refractivity contribution in [3.63, 3.8) is 0 Å². The molecule has 0 heterocycles. The summed E-state index contributed by atoms with van der Waals surface area (Å²) in [5, 5.41) is 0.361. The van der Waals surface area contributed by atoms with Gasteiger partial charge in [-0.2, -0.15) is 0 Å². The Balaban J connectivity index is 3.04. The number of benzene rings is 1. The molecule has 0 aliphatic heterocycles. The number of hydrogen-bond acceptors (Lipinski definition) is 2. The van der Waals surface area contributed by atoms with Gasteiger partial charge in [0.1, 0.15) is 0 Å². The molecule has 0 unspecified atom stereocenters. The highest BCUT2D eigenvalue weighted by Crippen LogP contribution is 2.25. The van der Waals surface area contributed by atoms with Crippen LogP contribution in [0.25, 0.3) is 0 Å². The maximum absolute atomic E-state index is 10.9. The van der Waals surface area contributed by atoms with Gasteiger partial charge in [-0.3, -0.25) is 4.72 Å². The van der Waals surface area contributed by atoms with Gasteiger partial charge in [0.2, 0.25) is 10.0 Å². The molecule has 13 heavy (non-hydrogen) atoms. The smallest absolute Gasteiger partial charge is 0.229 e. The second kappa shape index (κ2) is 3.86. The SMILES string of the molecule is CS(=O)(=O)Nc1ccc(Br)cc1Cl. The zero-order valence-electron chi connectivity index (χ0n) is 6.71. The van der Waals surface area contributed by atoms with Gasteiger partial charge in [0.25, 0.3) is 0 Å². The first-order valence-electron chi connectivity index (χ1n) is 3.31. The summed E-state index contributed by atoms with van der Waals surface area (Å²) in [4.78, 5) is 0. The van der Waals surface area contributed by atoms with Gasteiger partial charge in [-0.25, -0.2) is 8.42 Å². The lowest BCUT2D eigenvalue weighted by Gasteiger charge is -2.05. The van der Waals surface area contributed by atoms with Gasteiger partial charge < -0.3 is 0 Å². The van der Waals surface area contributed by atoms with E-state index >= 15 is 0 Å². The molecule has 0 aliphatic rings. The molecule has 0 bridgehead atoms. The van der Waals surface area contributed by atoms with Crippen molar-refractivity contribution in [3.05, 3.63) is 27.7 Å². The highest BCUT2D eigenvalue weighted by molar-refractivity contribution is 9.10. The predicted octanol–water partition coefficient (Wildman–Crippen LogP) is 2.47. The largest absolute Gasteiger partial charge is 0.282 e. The Labute approximate surface area is 90.3 Å². The van der Waals surface area contributed by atoms with Gasteiger partial charge in [0.15, 0.2) is 0 Å². The number of anilines is 1. The lowest BCUT2D eigenvalue weighted by molar-refractivity contribution is 0.607. The Morgan fingerprint density at radius 2 is 2.08 bits per heavy atom. The third-order valence-electron chi connectivity index (χ3n) is 1.23. The van der Waals surface area contributed by atoms with Gasteiger partial charge in [0, 0.05) is 4.47 Å². The summed E-state index contributed by atoms with van der Waals surface area (Å²) in [5.41, 5.74) is 0.382. The zero-order chi connectivity index (χ0) is 10.1. The van der Waals surface area contributed by atoms with E-state index in [4.69, 9.17) is 11.6 Å². The molecule has 72 valence electrons. The van der Waals surface area contributed by atoms with Crippen LogP contribution in [0.1, 0.15) is 0 Å². The summed E-state index contributed by atoms with van der Waals surface area (Å²) in [7, 11) is -3.26. The van der Waals surface area contributed by atoms with Crippen molar-refractivity contribution >= 4 is 43.2 Å². The average molecular weight is 285 g/mol. The maximum atomic E-state index is 10.9. The Morgan fingerprint density at radius 1 is 1.46 bits per heavy atom. The van der Waals surface area contributed by atoms with Crippen molar-refractivity contribution in [2.24, 2.45) is 0 Å². The quantitative estimate of drug-likeness (QED) is 0.907. The molecule has 3 nitrogen and oxygen atoms in total. The van der Waals surface area contributed by atoms with Gasteiger partial charge in [-0.1, -0.05) is 27.5 Å². The molecule has 0 amide bonds. The molecule has 0 radical (unpaired) electrons. The van der Waals surface area contributed by atoms with Gasteiger partial charge in [-0.05, 0) is 18.2 Å². The lowest BCUT2D eigenvalue weighted by atomic mass is 10.3. The summed E-state index contributed by atoms with van der Waals surface area (Å²) in [5.74, 6) is 0. The molecule has 0 fully saturated rings. The molecular formula is C7H7BrClNO2S. The van der Waals surface area contributed by atoms with E-state index in [9.17, 15) is 8.42 Å². The standard InChI is InChI=1S/C7H7BrClNO2S/c1-13(11,12)10-7-3-2-5(8)4-6(7)9/h2-4,10H,1H3. The van der Waals surface area contributed by atoms with Crippen molar-refractivity contribution in [1.29, 1.82) is 0 Å². The number of halogens is 2. The number of rotatable bonds is 2. The molecule has 1 N–H and O–H groups in total. The number of hydrogen-bond donors (Lipinski definition) is 1. The molecule has 1 aromatic rings. The van der Waals surface area contributed by atoms with Crippen LogP contribution in [-0.4, -0.2) is 14.7 Å². The van der Waals surface area contributed by atoms with Gasteiger partial charge in [0.05, 0.1) is 17.0 Å². The summed E-state index contributed by atoms with van der Waals surface area (Å²) in [6, 6.07) is 4.92. The summed E-state index contributed by atoms with van der Waals surface area (Å²) in [6.45, 7) is 0. The van der Waals surface area contributed by atoms with Crippen LogP contribution in [0.3, 0.4) is 0 Å². The first-order valence-corrected chi connectivity index (χ1v) is 6.37. The van der Waals surface area contributed by atoms with E-state index in [1.54, 1.807) is 18.2 Å². The van der Waals surface area contributed by atoms with Crippen LogP contribution in [0.2, 0.25) is 5.02 Å². The summed E-state index contributed by atoms with van der Waals surface area (Å²) >= 11 is 8.99. The van der Waals surface area contributed by atoms with Crippen molar-refractivity contribution in [2.75, 3.05) is 11.0 Å². The molecule has 1 aromatic carbocycles. The summed E-state index contributed by atoms with van der Waals surface area (Å²) in [6.07, 6.45) is 1.07. The number of sulfonamides is 1. The van der Waals surface area contributed by atoms with Crippen LogP contribution in [0.5, 0.6) is 0 Å². The van der Waals surface area contributed by atoms with Crippen molar-refractivity contribution in [2.45, 2.75) is 0 Å². The highest BCUT2D eigenvalue weighted by atomic mass is 79.9. The zero-order valence-corrected chi connectivity index (χ0v) is 9.87. The Bertz CT molecular complexity index is 419. The third kappa shape index (κ3) is 3.54. The van der Waals surface area contributed by atoms with E-state index in [0.29, 0.717) is 10.7 Å². The predicted molar refractivity (Wildman–Crippen MR) is 57.6 cm³/mol. The minimum absolute atomic E-state index is 0.361. The van der Waals surface area contributed by atoms with Crippen LogP contribution < -0.4 is 4.72 Å². The third-order valence-corrected chi connectivity index (χ3v) is 2.62. The van der Waals surface area contributed by atoms with E-state index in [-0.39, 0.29) is 0 Å². The van der Waals surface area contributed by atoms with E-state index in [0.717, 1.165) is 10.7 Å². The first kappa shape index (κ1) is 10.8. The summed E-state index contributed by atoms with van der Waals surface area (Å²) < 4.78 is 24.8. The Hall–Kier alpha value is -0.260. The fourth-order valence-corrected chi connectivity index (χ4v) is 2.13. The van der Waals surface area contributed by atoms with Crippen molar-refractivity contribution in [1.82, 2.24) is 0 Å². The molecule has 0 spiro atoms. The van der Waals surface area contributed by atoms with Gasteiger partial charge in [-0.15, -0.1) is 0 Å². The topological polar surface area (TPSA) is 46.2 Å². The highest BCUT2D eigenvalue weighted by Gasteiger charge is 2.05. The van der Waals surface area contributed by atoms with Gasteiger partial charge >= 0.3 is 0 Å². The minimum Gasteiger partial charge on any atom is -0.282 e. The molecule has 6 heteroatoms. The van der Waals surface area contributed by atoms with Crippen LogP contribution >= 0.6 is 27.5 Å². The van der Waals surface area contributed by atoms with E-state index < -0.39 is 10.0 Å². The van der Waals surface area contributed by atoms with E-state index in [1.165, 1.54) is 0 Å². The second-order valence-electron chi connectivity index (χ2n) is 2.50. The number of nitrogens with one attached hydrogen (secondary N) is 1. The molecule has 0 atom stereocenters.